The molecule has 1 aromatic rings. The second kappa shape index (κ2) is 6.53. The monoisotopic (exact) mass is 290 g/mol. The van der Waals surface area contributed by atoms with Gasteiger partial charge < -0.3 is 14.6 Å². The van der Waals surface area contributed by atoms with Crippen molar-refractivity contribution in [2.45, 2.75) is 77.2 Å². The largest absolute Gasteiger partial charge is 0.370 e. The van der Waals surface area contributed by atoms with Gasteiger partial charge >= 0.3 is 0 Å². The predicted molar refractivity (Wildman–Crippen MR) is 86.3 cm³/mol. The Morgan fingerprint density at radius 2 is 2.14 bits per heavy atom. The molecule has 118 valence electrons. The van der Waals surface area contributed by atoms with Gasteiger partial charge in [-0.25, -0.2) is 0 Å². The third-order valence-corrected chi connectivity index (χ3v) is 4.96. The van der Waals surface area contributed by atoms with Gasteiger partial charge in [0.05, 0.1) is 11.7 Å². The molecule has 1 N–H and O–H groups in total. The summed E-state index contributed by atoms with van der Waals surface area (Å²) in [5.74, 6) is 0.710. The van der Waals surface area contributed by atoms with Crippen LogP contribution in [0.1, 0.15) is 57.9 Å². The molecule has 1 spiro atoms. The molecule has 0 bridgehead atoms. The first-order valence-electron chi connectivity index (χ1n) is 8.68. The first-order valence-corrected chi connectivity index (χ1v) is 8.68. The minimum Gasteiger partial charge on any atom is -0.370 e. The lowest BCUT2D eigenvalue weighted by molar-refractivity contribution is -0.0417. The standard InChI is InChI=1S/C18H30N2O/c1-15(2)11-19-12-16-6-10-20(13-16)14-17-5-9-18(21-17)7-3-4-8-18/h6,10,13,15,17,19H,3-5,7-9,11-12,14H2,1-2H3. The molecule has 1 unspecified atom stereocenters. The van der Waals surface area contributed by atoms with Crippen LogP contribution < -0.4 is 5.32 Å². The zero-order valence-corrected chi connectivity index (χ0v) is 13.6. The minimum absolute atomic E-state index is 0.263. The smallest absolute Gasteiger partial charge is 0.0762 e. The van der Waals surface area contributed by atoms with Crippen LogP contribution >= 0.6 is 0 Å². The molecule has 1 saturated heterocycles. The van der Waals surface area contributed by atoms with E-state index in [1.807, 2.05) is 0 Å². The van der Waals surface area contributed by atoms with Gasteiger partial charge in [0.1, 0.15) is 0 Å². The Labute approximate surface area is 129 Å². The lowest BCUT2D eigenvalue weighted by Crippen LogP contribution is -2.26. The Morgan fingerprint density at radius 1 is 1.33 bits per heavy atom. The zero-order chi connectivity index (χ0) is 14.7. The van der Waals surface area contributed by atoms with E-state index in [4.69, 9.17) is 4.74 Å². The van der Waals surface area contributed by atoms with Crippen molar-refractivity contribution in [2.24, 2.45) is 5.92 Å². The van der Waals surface area contributed by atoms with Crippen molar-refractivity contribution in [1.82, 2.24) is 9.88 Å². The van der Waals surface area contributed by atoms with Crippen LogP contribution in [0.5, 0.6) is 0 Å². The summed E-state index contributed by atoms with van der Waals surface area (Å²) in [5.41, 5.74) is 1.64. The average Bonchev–Trinajstić information content (AvgIpc) is 3.15. The number of nitrogens with zero attached hydrogens (tertiary/aromatic N) is 1. The summed E-state index contributed by atoms with van der Waals surface area (Å²) >= 11 is 0. The number of aromatic nitrogens is 1. The van der Waals surface area contributed by atoms with Gasteiger partial charge in [-0.1, -0.05) is 26.7 Å². The van der Waals surface area contributed by atoms with Crippen LogP contribution in [0, 0.1) is 5.92 Å². The van der Waals surface area contributed by atoms with Crippen LogP contribution in [0.25, 0.3) is 0 Å². The van der Waals surface area contributed by atoms with Crippen LogP contribution in [0.3, 0.4) is 0 Å². The van der Waals surface area contributed by atoms with E-state index in [1.54, 1.807) is 0 Å². The van der Waals surface area contributed by atoms with Crippen LogP contribution in [0.4, 0.5) is 0 Å². The predicted octanol–water partition coefficient (Wildman–Crippen LogP) is 3.73. The summed E-state index contributed by atoms with van der Waals surface area (Å²) in [6.07, 6.45) is 12.7. The SMILES string of the molecule is CC(C)CNCc1ccn(CC2CCC3(CCCC3)O2)c1. The van der Waals surface area contributed by atoms with Crippen molar-refractivity contribution in [3.05, 3.63) is 24.0 Å². The van der Waals surface area contributed by atoms with Gasteiger partial charge in [-0.2, -0.15) is 0 Å². The van der Waals surface area contributed by atoms with E-state index >= 15 is 0 Å². The number of hydrogen-bond acceptors (Lipinski definition) is 2. The second-order valence-corrected chi connectivity index (χ2v) is 7.41. The third kappa shape index (κ3) is 3.89. The first-order chi connectivity index (χ1) is 10.2. The van der Waals surface area contributed by atoms with Gasteiger partial charge in [-0.05, 0) is 49.8 Å². The molecule has 1 aliphatic heterocycles. The molecule has 1 aliphatic carbocycles. The van der Waals surface area contributed by atoms with Gasteiger partial charge in [-0.3, -0.25) is 0 Å². The molecule has 3 nitrogen and oxygen atoms in total. The van der Waals surface area contributed by atoms with E-state index in [-0.39, 0.29) is 5.60 Å². The Morgan fingerprint density at radius 3 is 2.90 bits per heavy atom. The highest BCUT2D eigenvalue weighted by Gasteiger charge is 2.41. The molecular formula is C18H30N2O. The topological polar surface area (TPSA) is 26.2 Å². The summed E-state index contributed by atoms with van der Waals surface area (Å²) in [4.78, 5) is 0. The van der Waals surface area contributed by atoms with Crippen molar-refractivity contribution in [1.29, 1.82) is 0 Å². The molecule has 21 heavy (non-hydrogen) atoms. The molecule has 3 heteroatoms. The summed E-state index contributed by atoms with van der Waals surface area (Å²) in [6.45, 7) is 7.56. The van der Waals surface area contributed by atoms with Crippen molar-refractivity contribution in [2.75, 3.05) is 6.54 Å². The van der Waals surface area contributed by atoms with Crippen LogP contribution in [0.15, 0.2) is 18.5 Å². The Bertz CT molecular complexity index is 446. The quantitative estimate of drug-likeness (QED) is 0.864. The number of hydrogen-bond donors (Lipinski definition) is 1. The molecule has 0 radical (unpaired) electrons. The number of nitrogens with one attached hydrogen (secondary N) is 1. The van der Waals surface area contributed by atoms with E-state index < -0.39 is 0 Å². The van der Waals surface area contributed by atoms with Crippen LogP contribution in [-0.4, -0.2) is 22.8 Å². The number of ether oxygens (including phenoxy) is 1. The summed E-state index contributed by atoms with van der Waals surface area (Å²) in [5, 5.41) is 3.50. The highest BCUT2D eigenvalue weighted by molar-refractivity contribution is 5.10. The molecule has 2 fully saturated rings. The average molecular weight is 290 g/mol. The third-order valence-electron chi connectivity index (χ3n) is 4.96. The highest BCUT2D eigenvalue weighted by Crippen LogP contribution is 2.43. The van der Waals surface area contributed by atoms with E-state index in [1.165, 1.54) is 44.1 Å². The molecule has 2 heterocycles. The second-order valence-electron chi connectivity index (χ2n) is 7.41. The molecule has 0 amide bonds. The van der Waals surface area contributed by atoms with Gasteiger partial charge in [0, 0.05) is 25.5 Å². The molecule has 3 rings (SSSR count). The van der Waals surface area contributed by atoms with Crippen LogP contribution in [-0.2, 0) is 17.8 Å². The van der Waals surface area contributed by atoms with E-state index in [2.05, 4.69) is 42.2 Å². The van der Waals surface area contributed by atoms with Crippen molar-refractivity contribution in [3.63, 3.8) is 0 Å². The Kier molecular flexibility index (Phi) is 4.70. The molecule has 1 atom stereocenters. The summed E-state index contributed by atoms with van der Waals surface area (Å²) < 4.78 is 8.71. The first kappa shape index (κ1) is 15.1. The maximum absolute atomic E-state index is 6.40. The Hall–Kier alpha value is -0.800. The van der Waals surface area contributed by atoms with Gasteiger partial charge in [0.25, 0.3) is 0 Å². The van der Waals surface area contributed by atoms with Crippen molar-refractivity contribution in [3.8, 4) is 0 Å². The Balaban J connectivity index is 1.46. The summed E-state index contributed by atoms with van der Waals surface area (Å²) in [6, 6.07) is 2.23. The fourth-order valence-corrected chi connectivity index (χ4v) is 3.86. The van der Waals surface area contributed by atoms with Gasteiger partial charge in [0.2, 0.25) is 0 Å². The fraction of sp³-hybridized carbons (Fsp3) is 0.778. The molecule has 1 aromatic heterocycles. The maximum Gasteiger partial charge on any atom is 0.0762 e. The zero-order valence-electron chi connectivity index (χ0n) is 13.6. The summed E-state index contributed by atoms with van der Waals surface area (Å²) in [7, 11) is 0. The van der Waals surface area contributed by atoms with E-state index in [0.717, 1.165) is 19.6 Å². The highest BCUT2D eigenvalue weighted by atomic mass is 16.5. The lowest BCUT2D eigenvalue weighted by atomic mass is 9.98. The minimum atomic E-state index is 0.263. The molecular weight excluding hydrogens is 260 g/mol. The fourth-order valence-electron chi connectivity index (χ4n) is 3.86. The van der Waals surface area contributed by atoms with Crippen molar-refractivity contribution < 1.29 is 4.74 Å². The normalized spacial score (nSPS) is 24.4. The van der Waals surface area contributed by atoms with E-state index in [0.29, 0.717) is 12.0 Å². The van der Waals surface area contributed by atoms with Crippen molar-refractivity contribution >= 4 is 0 Å². The molecule has 2 aliphatic rings. The van der Waals surface area contributed by atoms with Crippen LogP contribution in [0.2, 0.25) is 0 Å². The number of rotatable bonds is 6. The van der Waals surface area contributed by atoms with Gasteiger partial charge in [0.15, 0.2) is 0 Å². The molecule has 1 saturated carbocycles. The molecule has 0 aromatic carbocycles. The lowest BCUT2D eigenvalue weighted by Gasteiger charge is -2.24. The van der Waals surface area contributed by atoms with Gasteiger partial charge in [-0.15, -0.1) is 0 Å². The maximum atomic E-state index is 6.40. The van der Waals surface area contributed by atoms with E-state index in [9.17, 15) is 0 Å².